The van der Waals surface area contributed by atoms with Crippen LogP contribution in [0.2, 0.25) is 0 Å². The molecule has 0 spiro atoms. The first-order chi connectivity index (χ1) is 5.11. The lowest BCUT2D eigenvalue weighted by molar-refractivity contribution is 0.145. The van der Waals surface area contributed by atoms with Crippen LogP contribution < -0.4 is 0 Å². The SMILES string of the molecule is FC(F)c1nc(Br)ccc1I. The van der Waals surface area contributed by atoms with E-state index in [1.165, 1.54) is 0 Å². The fourth-order valence-electron chi connectivity index (χ4n) is 0.586. The molecular formula is C6H3BrF2IN. The van der Waals surface area contributed by atoms with E-state index < -0.39 is 6.43 Å². The summed E-state index contributed by atoms with van der Waals surface area (Å²) in [6, 6.07) is 3.23. The lowest BCUT2D eigenvalue weighted by atomic mass is 10.4. The number of hydrogen-bond acceptors (Lipinski definition) is 1. The normalized spacial score (nSPS) is 10.6. The molecule has 0 saturated heterocycles. The zero-order valence-electron chi connectivity index (χ0n) is 5.19. The molecule has 11 heavy (non-hydrogen) atoms. The van der Waals surface area contributed by atoms with Crippen LogP contribution in [0, 0.1) is 3.57 Å². The molecule has 0 aliphatic rings. The van der Waals surface area contributed by atoms with Crippen LogP contribution in [0.25, 0.3) is 0 Å². The minimum Gasteiger partial charge on any atom is -0.239 e. The van der Waals surface area contributed by atoms with Gasteiger partial charge in [0, 0.05) is 3.57 Å². The van der Waals surface area contributed by atoms with E-state index in [9.17, 15) is 8.78 Å². The Morgan fingerprint density at radius 3 is 2.55 bits per heavy atom. The Labute approximate surface area is 84.5 Å². The van der Waals surface area contributed by atoms with Gasteiger partial charge in [0.2, 0.25) is 0 Å². The van der Waals surface area contributed by atoms with Gasteiger partial charge < -0.3 is 0 Å². The number of rotatable bonds is 1. The monoisotopic (exact) mass is 333 g/mol. The number of pyridine rings is 1. The molecule has 0 bridgehead atoms. The number of halogens is 4. The molecule has 0 fully saturated rings. The van der Waals surface area contributed by atoms with E-state index in [1.807, 2.05) is 22.6 Å². The molecule has 0 saturated carbocycles. The standard InChI is InChI=1S/C6H3BrF2IN/c7-4-2-1-3(10)5(11-4)6(8)9/h1-2,6H. The van der Waals surface area contributed by atoms with Gasteiger partial charge in [0.15, 0.2) is 0 Å². The Hall–Kier alpha value is 0.220. The fraction of sp³-hybridized carbons (Fsp3) is 0.167. The van der Waals surface area contributed by atoms with Crippen molar-refractivity contribution in [2.45, 2.75) is 6.43 Å². The summed E-state index contributed by atoms with van der Waals surface area (Å²) in [6.45, 7) is 0. The zero-order chi connectivity index (χ0) is 8.43. The van der Waals surface area contributed by atoms with Crippen molar-refractivity contribution in [2.24, 2.45) is 0 Å². The predicted octanol–water partition coefficient (Wildman–Crippen LogP) is 3.39. The Morgan fingerprint density at radius 1 is 1.45 bits per heavy atom. The maximum atomic E-state index is 12.1. The number of hydrogen-bond donors (Lipinski definition) is 0. The molecule has 0 radical (unpaired) electrons. The van der Waals surface area contributed by atoms with Crippen molar-refractivity contribution >= 4 is 38.5 Å². The number of aromatic nitrogens is 1. The third kappa shape index (κ3) is 2.33. The summed E-state index contributed by atoms with van der Waals surface area (Å²) >= 11 is 4.85. The quantitative estimate of drug-likeness (QED) is 0.567. The van der Waals surface area contributed by atoms with Gasteiger partial charge in [-0.25, -0.2) is 13.8 Å². The van der Waals surface area contributed by atoms with Crippen molar-refractivity contribution in [3.05, 3.63) is 26.0 Å². The molecule has 1 heterocycles. The first-order valence-electron chi connectivity index (χ1n) is 2.71. The lowest BCUT2D eigenvalue weighted by Crippen LogP contribution is -1.93. The van der Waals surface area contributed by atoms with E-state index in [4.69, 9.17) is 0 Å². The van der Waals surface area contributed by atoms with Gasteiger partial charge in [-0.3, -0.25) is 0 Å². The number of alkyl halides is 2. The summed E-state index contributed by atoms with van der Waals surface area (Å²) in [7, 11) is 0. The van der Waals surface area contributed by atoms with Crippen molar-refractivity contribution in [3.8, 4) is 0 Å². The molecule has 0 aromatic carbocycles. The maximum absolute atomic E-state index is 12.1. The first-order valence-corrected chi connectivity index (χ1v) is 4.58. The van der Waals surface area contributed by atoms with E-state index in [0.717, 1.165) is 0 Å². The Balaban J connectivity index is 3.13. The van der Waals surface area contributed by atoms with Crippen molar-refractivity contribution in [1.82, 2.24) is 4.98 Å². The zero-order valence-corrected chi connectivity index (χ0v) is 8.93. The Bertz CT molecular complexity index is 267. The van der Waals surface area contributed by atoms with Gasteiger partial charge in [-0.15, -0.1) is 0 Å². The highest BCUT2D eigenvalue weighted by molar-refractivity contribution is 14.1. The molecule has 0 amide bonds. The van der Waals surface area contributed by atoms with Gasteiger partial charge >= 0.3 is 0 Å². The van der Waals surface area contributed by atoms with Crippen molar-refractivity contribution in [3.63, 3.8) is 0 Å². The fourth-order valence-corrected chi connectivity index (χ4v) is 1.45. The second-order valence-corrected chi connectivity index (χ2v) is 3.78. The van der Waals surface area contributed by atoms with Crippen LogP contribution in [-0.2, 0) is 0 Å². The third-order valence-electron chi connectivity index (χ3n) is 1.05. The van der Waals surface area contributed by atoms with Crippen molar-refractivity contribution < 1.29 is 8.78 Å². The van der Waals surface area contributed by atoms with Crippen LogP contribution in [0.15, 0.2) is 16.7 Å². The third-order valence-corrected chi connectivity index (χ3v) is 2.40. The Morgan fingerprint density at radius 2 is 2.09 bits per heavy atom. The minimum absolute atomic E-state index is 0.167. The molecule has 1 rings (SSSR count). The summed E-state index contributed by atoms with van der Waals surface area (Å²) in [5.41, 5.74) is -0.167. The van der Waals surface area contributed by atoms with Crippen LogP contribution in [0.4, 0.5) is 8.78 Å². The van der Waals surface area contributed by atoms with Gasteiger partial charge in [0.25, 0.3) is 6.43 Å². The highest BCUT2D eigenvalue weighted by atomic mass is 127. The molecule has 1 aromatic rings. The molecule has 5 heteroatoms. The second kappa shape index (κ2) is 3.75. The smallest absolute Gasteiger partial charge is 0.239 e. The van der Waals surface area contributed by atoms with E-state index in [1.54, 1.807) is 12.1 Å². The summed E-state index contributed by atoms with van der Waals surface area (Å²) in [4.78, 5) is 3.63. The summed E-state index contributed by atoms with van der Waals surface area (Å²) in [5.74, 6) is 0. The molecule has 0 unspecified atom stereocenters. The molecule has 1 aromatic heterocycles. The van der Waals surface area contributed by atoms with Gasteiger partial charge in [-0.05, 0) is 50.7 Å². The van der Waals surface area contributed by atoms with Crippen molar-refractivity contribution in [2.75, 3.05) is 0 Å². The van der Waals surface area contributed by atoms with Crippen LogP contribution >= 0.6 is 38.5 Å². The van der Waals surface area contributed by atoms with Crippen LogP contribution in [-0.4, -0.2) is 4.98 Å². The molecule has 0 aliphatic carbocycles. The van der Waals surface area contributed by atoms with Gasteiger partial charge in [-0.1, -0.05) is 0 Å². The van der Waals surface area contributed by atoms with Gasteiger partial charge in [0.1, 0.15) is 10.3 Å². The highest BCUT2D eigenvalue weighted by Crippen LogP contribution is 2.23. The predicted molar refractivity (Wildman–Crippen MR) is 49.6 cm³/mol. The summed E-state index contributed by atoms with van der Waals surface area (Å²) < 4.78 is 25.2. The summed E-state index contributed by atoms with van der Waals surface area (Å²) in [5, 5.41) is 0. The van der Waals surface area contributed by atoms with Gasteiger partial charge in [-0.2, -0.15) is 0 Å². The average molecular weight is 334 g/mol. The topological polar surface area (TPSA) is 12.9 Å². The molecule has 0 atom stereocenters. The van der Waals surface area contributed by atoms with Gasteiger partial charge in [0.05, 0.1) is 0 Å². The van der Waals surface area contributed by atoms with E-state index in [2.05, 4.69) is 20.9 Å². The maximum Gasteiger partial charge on any atom is 0.281 e. The summed E-state index contributed by atoms with van der Waals surface area (Å²) in [6.07, 6.45) is -2.50. The molecule has 0 aliphatic heterocycles. The number of nitrogens with zero attached hydrogens (tertiary/aromatic N) is 1. The van der Waals surface area contributed by atoms with E-state index in [-0.39, 0.29) is 5.69 Å². The average Bonchev–Trinajstić information content (AvgIpc) is 1.94. The molecule has 0 N–H and O–H groups in total. The van der Waals surface area contributed by atoms with E-state index in [0.29, 0.717) is 8.17 Å². The first kappa shape index (κ1) is 9.31. The minimum atomic E-state index is -2.50. The Kier molecular flexibility index (Phi) is 3.17. The lowest BCUT2D eigenvalue weighted by Gasteiger charge is -2.01. The van der Waals surface area contributed by atoms with Crippen LogP contribution in [0.5, 0.6) is 0 Å². The van der Waals surface area contributed by atoms with E-state index >= 15 is 0 Å². The second-order valence-electron chi connectivity index (χ2n) is 1.80. The molecule has 60 valence electrons. The highest BCUT2D eigenvalue weighted by Gasteiger charge is 2.12. The van der Waals surface area contributed by atoms with Crippen LogP contribution in [0.3, 0.4) is 0 Å². The van der Waals surface area contributed by atoms with Crippen molar-refractivity contribution in [1.29, 1.82) is 0 Å². The largest absolute Gasteiger partial charge is 0.281 e. The van der Waals surface area contributed by atoms with Crippen LogP contribution in [0.1, 0.15) is 12.1 Å². The molecular weight excluding hydrogens is 331 g/mol. The molecule has 1 nitrogen and oxygen atoms in total.